The third-order valence-electron chi connectivity index (χ3n) is 4.54. The Hall–Kier alpha value is -2.51. The number of nitrogens with one attached hydrogen (secondary N) is 1. The summed E-state index contributed by atoms with van der Waals surface area (Å²) in [4.78, 5) is 15.9. The molecule has 0 bridgehead atoms. The lowest BCUT2D eigenvalue weighted by Gasteiger charge is -2.33. The summed E-state index contributed by atoms with van der Waals surface area (Å²) in [5.41, 5.74) is 1.60. The number of thiophene rings is 1. The standard InChI is InChI=1S/C19H19FN4OS/c20-17-6-2-1-4-14(17)11-23-12-15-7-8-22-24(15)18(13-23)19(25)21-10-16-5-3-9-26-16/h1-9,18H,10-13H2,(H,21,25)/t18-/m1/s1. The van der Waals surface area contributed by atoms with Crippen molar-refractivity contribution in [1.82, 2.24) is 20.0 Å². The Bertz CT molecular complexity index is 893. The highest BCUT2D eigenvalue weighted by Crippen LogP contribution is 2.23. The van der Waals surface area contributed by atoms with Gasteiger partial charge in [-0.3, -0.25) is 14.4 Å². The molecule has 1 aliphatic rings. The topological polar surface area (TPSA) is 50.2 Å². The van der Waals surface area contributed by atoms with Gasteiger partial charge in [-0.25, -0.2) is 4.39 Å². The molecule has 3 heterocycles. The van der Waals surface area contributed by atoms with E-state index >= 15 is 0 Å². The average Bonchev–Trinajstić information content (AvgIpc) is 3.32. The van der Waals surface area contributed by atoms with E-state index in [1.165, 1.54) is 6.07 Å². The molecule has 0 radical (unpaired) electrons. The van der Waals surface area contributed by atoms with Crippen LogP contribution in [0.3, 0.4) is 0 Å². The van der Waals surface area contributed by atoms with Crippen molar-refractivity contribution in [2.75, 3.05) is 6.54 Å². The minimum atomic E-state index is -0.416. The van der Waals surface area contributed by atoms with Gasteiger partial charge in [-0.15, -0.1) is 11.3 Å². The van der Waals surface area contributed by atoms with Crippen LogP contribution < -0.4 is 5.32 Å². The third-order valence-corrected chi connectivity index (χ3v) is 5.41. The van der Waals surface area contributed by atoms with Crippen LogP contribution in [0.4, 0.5) is 4.39 Å². The number of rotatable bonds is 5. The van der Waals surface area contributed by atoms with Crippen LogP contribution in [0.2, 0.25) is 0 Å². The van der Waals surface area contributed by atoms with Crippen molar-refractivity contribution in [2.45, 2.75) is 25.7 Å². The molecule has 2 aromatic heterocycles. The van der Waals surface area contributed by atoms with E-state index in [1.807, 2.05) is 29.6 Å². The lowest BCUT2D eigenvalue weighted by atomic mass is 10.1. The Balaban J connectivity index is 1.49. The molecule has 7 heteroatoms. The summed E-state index contributed by atoms with van der Waals surface area (Å²) in [5.74, 6) is -0.285. The van der Waals surface area contributed by atoms with Gasteiger partial charge >= 0.3 is 0 Å². The fourth-order valence-electron chi connectivity index (χ4n) is 3.25. The summed E-state index contributed by atoms with van der Waals surface area (Å²) in [6, 6.07) is 12.2. The Morgan fingerprint density at radius 1 is 1.27 bits per heavy atom. The third kappa shape index (κ3) is 3.54. The number of halogens is 1. The number of carbonyl (C=O) groups is 1. The van der Waals surface area contributed by atoms with Gasteiger partial charge in [0.25, 0.3) is 0 Å². The van der Waals surface area contributed by atoms with Crippen molar-refractivity contribution in [2.24, 2.45) is 0 Å². The highest BCUT2D eigenvalue weighted by molar-refractivity contribution is 7.09. The van der Waals surface area contributed by atoms with Crippen LogP contribution in [0, 0.1) is 5.82 Å². The van der Waals surface area contributed by atoms with E-state index < -0.39 is 6.04 Å². The van der Waals surface area contributed by atoms with E-state index in [9.17, 15) is 9.18 Å². The van der Waals surface area contributed by atoms with E-state index in [0.717, 1.165) is 10.6 Å². The number of aromatic nitrogens is 2. The number of hydrogen-bond donors (Lipinski definition) is 1. The monoisotopic (exact) mass is 370 g/mol. The molecule has 0 spiro atoms. The molecule has 3 aromatic rings. The molecule has 0 saturated heterocycles. The maximum Gasteiger partial charge on any atom is 0.246 e. The Morgan fingerprint density at radius 3 is 2.96 bits per heavy atom. The van der Waals surface area contributed by atoms with Crippen LogP contribution in [0.15, 0.2) is 54.0 Å². The van der Waals surface area contributed by atoms with Crippen LogP contribution in [0.1, 0.15) is 22.2 Å². The zero-order valence-corrected chi connectivity index (χ0v) is 15.0. The number of nitrogens with zero attached hydrogens (tertiary/aromatic N) is 3. The van der Waals surface area contributed by atoms with Crippen LogP contribution in [-0.2, 0) is 24.4 Å². The Kier molecular flexibility index (Phi) is 4.81. The highest BCUT2D eigenvalue weighted by Gasteiger charge is 2.31. The van der Waals surface area contributed by atoms with Crippen molar-refractivity contribution in [3.8, 4) is 0 Å². The first kappa shape index (κ1) is 16.9. The molecule has 1 aliphatic heterocycles. The summed E-state index contributed by atoms with van der Waals surface area (Å²) >= 11 is 1.61. The van der Waals surface area contributed by atoms with Crippen LogP contribution in [0.25, 0.3) is 0 Å². The molecule has 0 unspecified atom stereocenters. The van der Waals surface area contributed by atoms with Gasteiger partial charge in [0, 0.05) is 36.3 Å². The van der Waals surface area contributed by atoms with Gasteiger partial charge in [0.15, 0.2) is 0 Å². The molecule has 1 N–H and O–H groups in total. The molecule has 1 amide bonds. The summed E-state index contributed by atoms with van der Waals surface area (Å²) < 4.78 is 15.8. The van der Waals surface area contributed by atoms with Gasteiger partial charge in [-0.2, -0.15) is 5.10 Å². The molecule has 0 saturated carbocycles. The molecule has 134 valence electrons. The molecule has 5 nitrogen and oxygen atoms in total. The molecule has 1 aromatic carbocycles. The summed E-state index contributed by atoms with van der Waals surface area (Å²) in [6.45, 7) is 2.12. The van der Waals surface area contributed by atoms with Crippen molar-refractivity contribution in [3.63, 3.8) is 0 Å². The minimum Gasteiger partial charge on any atom is -0.349 e. The van der Waals surface area contributed by atoms with E-state index in [-0.39, 0.29) is 11.7 Å². The average molecular weight is 370 g/mol. The largest absolute Gasteiger partial charge is 0.349 e. The van der Waals surface area contributed by atoms with Gasteiger partial charge < -0.3 is 5.32 Å². The van der Waals surface area contributed by atoms with Gasteiger partial charge in [-0.05, 0) is 23.6 Å². The van der Waals surface area contributed by atoms with E-state index in [2.05, 4.69) is 15.3 Å². The fourth-order valence-corrected chi connectivity index (χ4v) is 3.89. The quantitative estimate of drug-likeness (QED) is 0.751. The van der Waals surface area contributed by atoms with E-state index in [0.29, 0.717) is 31.7 Å². The minimum absolute atomic E-state index is 0.0680. The zero-order valence-electron chi connectivity index (χ0n) is 14.1. The van der Waals surface area contributed by atoms with Crippen molar-refractivity contribution in [1.29, 1.82) is 0 Å². The first-order valence-electron chi connectivity index (χ1n) is 8.49. The van der Waals surface area contributed by atoms with E-state index in [1.54, 1.807) is 34.3 Å². The highest BCUT2D eigenvalue weighted by atomic mass is 32.1. The predicted molar refractivity (Wildman–Crippen MR) is 97.9 cm³/mol. The molecule has 26 heavy (non-hydrogen) atoms. The molecule has 4 rings (SSSR count). The number of amides is 1. The second-order valence-corrected chi connectivity index (χ2v) is 7.37. The molecule has 1 atom stereocenters. The molecular formula is C19H19FN4OS. The predicted octanol–water partition coefficient (Wildman–Crippen LogP) is 2.96. The summed E-state index contributed by atoms with van der Waals surface area (Å²) in [6.07, 6.45) is 1.71. The lowest BCUT2D eigenvalue weighted by Crippen LogP contribution is -2.44. The van der Waals surface area contributed by atoms with E-state index in [4.69, 9.17) is 0 Å². The van der Waals surface area contributed by atoms with Crippen molar-refractivity contribution < 1.29 is 9.18 Å². The Morgan fingerprint density at radius 2 is 2.15 bits per heavy atom. The second-order valence-electron chi connectivity index (χ2n) is 6.34. The van der Waals surface area contributed by atoms with Crippen LogP contribution in [0.5, 0.6) is 0 Å². The van der Waals surface area contributed by atoms with Crippen molar-refractivity contribution >= 4 is 17.2 Å². The smallest absolute Gasteiger partial charge is 0.246 e. The van der Waals surface area contributed by atoms with Gasteiger partial charge in [0.2, 0.25) is 5.91 Å². The van der Waals surface area contributed by atoms with Gasteiger partial charge in [-0.1, -0.05) is 24.3 Å². The van der Waals surface area contributed by atoms with Crippen molar-refractivity contribution in [3.05, 3.63) is 76.0 Å². The molecular weight excluding hydrogens is 351 g/mol. The zero-order chi connectivity index (χ0) is 17.9. The van der Waals surface area contributed by atoms with Gasteiger partial charge in [0.1, 0.15) is 11.9 Å². The SMILES string of the molecule is O=C(NCc1cccs1)[C@H]1CN(Cc2ccccc2F)Cc2ccnn21. The van der Waals surface area contributed by atoms with Crippen LogP contribution in [-0.4, -0.2) is 27.1 Å². The first-order valence-corrected chi connectivity index (χ1v) is 9.37. The summed E-state index contributed by atoms with van der Waals surface area (Å²) in [5, 5.41) is 9.30. The normalized spacial score (nSPS) is 17.0. The number of hydrogen-bond acceptors (Lipinski definition) is 4. The maximum absolute atomic E-state index is 14.0. The fraction of sp³-hybridized carbons (Fsp3) is 0.263. The Labute approximate surface area is 155 Å². The number of fused-ring (bicyclic) bond motifs is 1. The number of carbonyl (C=O) groups excluding carboxylic acids is 1. The van der Waals surface area contributed by atoms with Crippen LogP contribution >= 0.6 is 11.3 Å². The summed E-state index contributed by atoms with van der Waals surface area (Å²) in [7, 11) is 0. The first-order chi connectivity index (χ1) is 12.7. The lowest BCUT2D eigenvalue weighted by molar-refractivity contribution is -0.126. The second kappa shape index (κ2) is 7.39. The van der Waals surface area contributed by atoms with Gasteiger partial charge in [0.05, 0.1) is 12.2 Å². The number of benzene rings is 1. The maximum atomic E-state index is 14.0. The molecule has 0 aliphatic carbocycles. The molecule has 0 fully saturated rings.